The molecule has 0 spiro atoms. The van der Waals surface area contributed by atoms with Crippen LogP contribution >= 0.6 is 0 Å². The fourth-order valence-corrected chi connectivity index (χ4v) is 6.38. The number of hydrogen-bond donors (Lipinski definition) is 1. The monoisotopic (exact) mass is 569 g/mol. The molecule has 0 radical (unpaired) electrons. The van der Waals surface area contributed by atoms with E-state index in [1.54, 1.807) is 80.3 Å². The summed E-state index contributed by atoms with van der Waals surface area (Å²) in [5, 5.41) is 1.48. The first-order valence-electron chi connectivity index (χ1n) is 13.2. The van der Waals surface area contributed by atoms with Gasteiger partial charge in [-0.3, -0.25) is 14.4 Å². The fourth-order valence-electron chi connectivity index (χ4n) is 4.91. The van der Waals surface area contributed by atoms with Gasteiger partial charge in [0, 0.05) is 25.8 Å². The zero-order chi connectivity index (χ0) is 29.1. The average Bonchev–Trinajstić information content (AvgIpc) is 3.35. The maximum atomic E-state index is 14.0. The molecular formula is C29H35N3O7S. The molecule has 1 aliphatic rings. The number of carbonyl (C=O) groups is 3. The van der Waals surface area contributed by atoms with Gasteiger partial charge in [-0.05, 0) is 23.1 Å². The van der Waals surface area contributed by atoms with E-state index in [-0.39, 0.29) is 18.2 Å². The minimum atomic E-state index is -3.87. The molecule has 2 amide bonds. The molecule has 0 saturated carbocycles. The van der Waals surface area contributed by atoms with Crippen LogP contribution in [0.25, 0.3) is 11.1 Å². The first-order chi connectivity index (χ1) is 18.9. The number of ketones is 1. The number of carbonyl (C=O) groups excluding carboxylic acids is 3. The third-order valence-electron chi connectivity index (χ3n) is 6.97. The van der Waals surface area contributed by atoms with Crippen molar-refractivity contribution in [2.45, 2.75) is 38.5 Å². The number of morpholine rings is 1. The smallest absolute Gasteiger partial charge is 0.266 e. The Morgan fingerprint density at radius 3 is 2.23 bits per heavy atom. The van der Waals surface area contributed by atoms with Gasteiger partial charge in [0.2, 0.25) is 17.6 Å². The van der Waals surface area contributed by atoms with Gasteiger partial charge in [0.1, 0.15) is 11.6 Å². The largest absolute Gasteiger partial charge is 0.434 e. The molecule has 11 heteroatoms. The molecule has 3 aromatic rings. The summed E-state index contributed by atoms with van der Waals surface area (Å²) < 4.78 is 37.3. The Morgan fingerprint density at radius 2 is 1.62 bits per heavy atom. The molecule has 10 nitrogen and oxygen atoms in total. The molecule has 3 atom stereocenters. The van der Waals surface area contributed by atoms with Crippen molar-refractivity contribution in [3.8, 4) is 0 Å². The van der Waals surface area contributed by atoms with Crippen molar-refractivity contribution in [3.05, 3.63) is 66.1 Å². The normalized spacial score (nSPS) is 16.8. The predicted molar refractivity (Wildman–Crippen MR) is 149 cm³/mol. The highest BCUT2D eigenvalue weighted by Crippen LogP contribution is 2.34. The summed E-state index contributed by atoms with van der Waals surface area (Å²) in [6.45, 7) is 6.75. The summed E-state index contributed by atoms with van der Waals surface area (Å²) in [5.41, 5.74) is 0.525. The molecule has 1 fully saturated rings. The first-order valence-corrected chi connectivity index (χ1v) is 15.1. The number of sulfone groups is 1. The second-order valence-corrected chi connectivity index (χ2v) is 13.3. The number of para-hydroxylation sites is 2. The van der Waals surface area contributed by atoms with Gasteiger partial charge in [0.25, 0.3) is 5.89 Å². The number of nitrogens with zero attached hydrogens (tertiary/aromatic N) is 2. The number of benzene rings is 2. The van der Waals surface area contributed by atoms with Crippen molar-refractivity contribution < 1.29 is 32.0 Å². The van der Waals surface area contributed by atoms with Crippen molar-refractivity contribution in [3.63, 3.8) is 0 Å². The van der Waals surface area contributed by atoms with E-state index >= 15 is 0 Å². The second kappa shape index (κ2) is 11.9. The van der Waals surface area contributed by atoms with Gasteiger partial charge in [-0.2, -0.15) is 0 Å². The van der Waals surface area contributed by atoms with Crippen LogP contribution in [-0.4, -0.2) is 74.5 Å². The van der Waals surface area contributed by atoms with Crippen LogP contribution in [0.5, 0.6) is 0 Å². The number of fused-ring (bicyclic) bond motifs is 1. The number of rotatable bonds is 9. The molecule has 40 heavy (non-hydrogen) atoms. The van der Waals surface area contributed by atoms with E-state index in [0.29, 0.717) is 43.0 Å². The highest BCUT2D eigenvalue weighted by atomic mass is 32.2. The Bertz CT molecular complexity index is 1440. The average molecular weight is 570 g/mol. The van der Waals surface area contributed by atoms with Crippen molar-refractivity contribution >= 4 is 38.5 Å². The van der Waals surface area contributed by atoms with E-state index in [9.17, 15) is 22.8 Å². The molecule has 2 heterocycles. The summed E-state index contributed by atoms with van der Waals surface area (Å²) in [6.07, 6.45) is 0.696. The third kappa shape index (κ3) is 6.76. The Balaban J connectivity index is 1.70. The maximum absolute atomic E-state index is 14.0. The van der Waals surface area contributed by atoms with E-state index in [1.165, 1.54) is 0 Å². The molecule has 1 aliphatic heterocycles. The molecule has 4 rings (SSSR count). The van der Waals surface area contributed by atoms with Crippen molar-refractivity contribution in [2.24, 2.45) is 11.3 Å². The minimum absolute atomic E-state index is 0.162. The van der Waals surface area contributed by atoms with Crippen LogP contribution in [0.4, 0.5) is 0 Å². The quantitative estimate of drug-likeness (QED) is 0.388. The van der Waals surface area contributed by atoms with E-state index in [2.05, 4.69) is 10.3 Å². The number of amides is 2. The lowest BCUT2D eigenvalue weighted by atomic mass is 9.83. The number of oxazole rings is 1. The van der Waals surface area contributed by atoms with Crippen LogP contribution in [0.3, 0.4) is 0 Å². The van der Waals surface area contributed by atoms with E-state index < -0.39 is 44.2 Å². The molecule has 2 aromatic carbocycles. The van der Waals surface area contributed by atoms with Crippen molar-refractivity contribution in [1.29, 1.82) is 0 Å². The number of aromatic nitrogens is 1. The van der Waals surface area contributed by atoms with Gasteiger partial charge in [0.05, 0.1) is 24.4 Å². The molecule has 1 N–H and O–H groups in total. The van der Waals surface area contributed by atoms with Gasteiger partial charge in [-0.25, -0.2) is 13.4 Å². The SMILES string of the molecule is CC(C)(C)[C@H](NC(=O)C(CC(=O)N1CCOCC1)C(c1ccccc1)S(C)(=O)=O)C(=O)c1nc2ccccc2o1. The van der Waals surface area contributed by atoms with Gasteiger partial charge >= 0.3 is 0 Å². The Kier molecular flexibility index (Phi) is 8.74. The molecule has 0 bridgehead atoms. The lowest BCUT2D eigenvalue weighted by molar-refractivity contribution is -0.139. The molecule has 0 aliphatic carbocycles. The van der Waals surface area contributed by atoms with Crippen LogP contribution in [0.2, 0.25) is 0 Å². The zero-order valence-electron chi connectivity index (χ0n) is 23.1. The summed E-state index contributed by atoms with van der Waals surface area (Å²) in [6, 6.07) is 14.2. The highest BCUT2D eigenvalue weighted by molar-refractivity contribution is 7.91. The molecule has 1 aromatic heterocycles. The van der Waals surface area contributed by atoms with Crippen molar-refractivity contribution in [1.82, 2.24) is 15.2 Å². The van der Waals surface area contributed by atoms with Gasteiger partial charge < -0.3 is 19.4 Å². The summed E-state index contributed by atoms with van der Waals surface area (Å²) in [4.78, 5) is 46.8. The lowest BCUT2D eigenvalue weighted by Crippen LogP contribution is -2.52. The van der Waals surface area contributed by atoms with Crippen LogP contribution in [0, 0.1) is 11.3 Å². The zero-order valence-corrected chi connectivity index (χ0v) is 23.9. The van der Waals surface area contributed by atoms with Crippen LogP contribution in [0.1, 0.15) is 48.7 Å². The first kappa shape index (κ1) is 29.4. The van der Waals surface area contributed by atoms with Crippen molar-refractivity contribution in [2.75, 3.05) is 32.6 Å². The molecule has 2 unspecified atom stereocenters. The van der Waals surface area contributed by atoms with Gasteiger partial charge in [-0.15, -0.1) is 0 Å². The van der Waals surface area contributed by atoms with Crippen LogP contribution < -0.4 is 5.32 Å². The molecule has 1 saturated heterocycles. The van der Waals surface area contributed by atoms with E-state index in [4.69, 9.17) is 9.15 Å². The molecule has 214 valence electrons. The van der Waals surface area contributed by atoms with Gasteiger partial charge in [-0.1, -0.05) is 63.2 Å². The number of nitrogens with one attached hydrogen (secondary N) is 1. The molecular weight excluding hydrogens is 534 g/mol. The van der Waals surface area contributed by atoms with E-state index in [0.717, 1.165) is 6.26 Å². The fraction of sp³-hybridized carbons (Fsp3) is 0.448. The number of hydrogen-bond acceptors (Lipinski definition) is 8. The minimum Gasteiger partial charge on any atom is -0.434 e. The topological polar surface area (TPSA) is 136 Å². The maximum Gasteiger partial charge on any atom is 0.266 e. The van der Waals surface area contributed by atoms with E-state index in [1.807, 2.05) is 0 Å². The number of ether oxygens (including phenoxy) is 1. The third-order valence-corrected chi connectivity index (χ3v) is 8.49. The van der Waals surface area contributed by atoms with Crippen LogP contribution in [0.15, 0.2) is 59.0 Å². The summed E-state index contributed by atoms with van der Waals surface area (Å²) >= 11 is 0. The Labute approximate surface area is 234 Å². The van der Waals surface area contributed by atoms with Crippen LogP contribution in [-0.2, 0) is 24.2 Å². The standard InChI is InChI=1S/C29H35N3O7S/c1-29(2,3)26(24(34)28-30-21-12-8-9-13-22(21)39-28)31-27(35)20(18-23(33)32-14-16-38-17-15-32)25(40(4,36)37)19-10-6-5-7-11-19/h5-13,20,25-26H,14-18H2,1-4H3,(H,31,35)/t20?,25?,26-/m1/s1. The number of Topliss-reactive ketones (excluding diaryl/α,β-unsaturated/α-hetero) is 1. The Hall–Kier alpha value is -3.57. The lowest BCUT2D eigenvalue weighted by Gasteiger charge is -2.33. The highest BCUT2D eigenvalue weighted by Gasteiger charge is 2.43. The summed E-state index contributed by atoms with van der Waals surface area (Å²) in [7, 11) is -3.87. The Morgan fingerprint density at radius 1 is 1.00 bits per heavy atom. The summed E-state index contributed by atoms with van der Waals surface area (Å²) in [5.74, 6) is -3.08. The predicted octanol–water partition coefficient (Wildman–Crippen LogP) is 3.19. The second-order valence-electron chi connectivity index (χ2n) is 11.1. The van der Waals surface area contributed by atoms with Gasteiger partial charge in [0.15, 0.2) is 15.4 Å².